The number of ether oxygens (including phenoxy) is 1. The molecule has 3 fully saturated rings. The summed E-state index contributed by atoms with van der Waals surface area (Å²) in [6.45, 7) is 8.13. The van der Waals surface area contributed by atoms with Crippen molar-refractivity contribution in [2.45, 2.75) is 32.5 Å². The Hall–Kier alpha value is -0.210. The standard InChI is InChI=1S/C13H25N3O3S/c1-10-7-16(8-11(2)19-10)20(17,18)15-4-3-12-5-14-6-13(12)9-15/h10-14H,3-9H2,1-2H3. The van der Waals surface area contributed by atoms with Crippen molar-refractivity contribution < 1.29 is 13.2 Å². The maximum absolute atomic E-state index is 12.8. The highest BCUT2D eigenvalue weighted by atomic mass is 32.2. The van der Waals surface area contributed by atoms with Gasteiger partial charge in [-0.05, 0) is 45.2 Å². The zero-order valence-corrected chi connectivity index (χ0v) is 13.1. The van der Waals surface area contributed by atoms with Crippen LogP contribution >= 0.6 is 0 Å². The van der Waals surface area contributed by atoms with Crippen LogP contribution in [0.25, 0.3) is 0 Å². The van der Waals surface area contributed by atoms with Gasteiger partial charge in [0.25, 0.3) is 10.2 Å². The van der Waals surface area contributed by atoms with E-state index >= 15 is 0 Å². The van der Waals surface area contributed by atoms with Crippen LogP contribution in [-0.4, -0.2) is 68.5 Å². The number of hydrogen-bond acceptors (Lipinski definition) is 4. The molecule has 0 spiro atoms. The highest BCUT2D eigenvalue weighted by Gasteiger charge is 2.41. The summed E-state index contributed by atoms with van der Waals surface area (Å²) >= 11 is 0. The van der Waals surface area contributed by atoms with Crippen molar-refractivity contribution in [2.75, 3.05) is 39.3 Å². The predicted molar refractivity (Wildman–Crippen MR) is 76.5 cm³/mol. The first-order valence-electron chi connectivity index (χ1n) is 7.58. The van der Waals surface area contributed by atoms with Crippen LogP contribution in [-0.2, 0) is 14.9 Å². The second-order valence-electron chi connectivity index (χ2n) is 6.41. The zero-order chi connectivity index (χ0) is 14.3. The van der Waals surface area contributed by atoms with E-state index in [0.29, 0.717) is 38.0 Å². The molecule has 3 heterocycles. The van der Waals surface area contributed by atoms with Gasteiger partial charge in [-0.25, -0.2) is 0 Å². The van der Waals surface area contributed by atoms with Crippen LogP contribution in [0.5, 0.6) is 0 Å². The van der Waals surface area contributed by atoms with E-state index in [4.69, 9.17) is 4.74 Å². The van der Waals surface area contributed by atoms with Gasteiger partial charge in [-0.15, -0.1) is 0 Å². The summed E-state index contributed by atoms with van der Waals surface area (Å²) < 4.78 is 34.5. The van der Waals surface area contributed by atoms with Crippen molar-refractivity contribution in [3.63, 3.8) is 0 Å². The molecule has 0 aromatic carbocycles. The van der Waals surface area contributed by atoms with Crippen LogP contribution in [0.15, 0.2) is 0 Å². The van der Waals surface area contributed by atoms with Crippen LogP contribution in [0, 0.1) is 11.8 Å². The van der Waals surface area contributed by atoms with Crippen LogP contribution in [0.4, 0.5) is 0 Å². The molecule has 3 aliphatic heterocycles. The minimum atomic E-state index is -3.33. The van der Waals surface area contributed by atoms with Gasteiger partial charge in [0, 0.05) is 26.2 Å². The Kier molecular flexibility index (Phi) is 4.07. The van der Waals surface area contributed by atoms with Gasteiger partial charge < -0.3 is 10.1 Å². The third kappa shape index (κ3) is 2.74. The Balaban J connectivity index is 1.71. The summed E-state index contributed by atoms with van der Waals surface area (Å²) in [7, 11) is -3.33. The van der Waals surface area contributed by atoms with Crippen molar-refractivity contribution in [3.05, 3.63) is 0 Å². The molecule has 20 heavy (non-hydrogen) atoms. The molecule has 0 saturated carbocycles. The third-order valence-corrected chi connectivity index (χ3v) is 6.64. The smallest absolute Gasteiger partial charge is 0.282 e. The minimum absolute atomic E-state index is 0.0285. The molecule has 1 N–H and O–H groups in total. The van der Waals surface area contributed by atoms with Gasteiger partial charge in [0.2, 0.25) is 0 Å². The largest absolute Gasteiger partial charge is 0.373 e. The van der Waals surface area contributed by atoms with Crippen molar-refractivity contribution in [2.24, 2.45) is 11.8 Å². The fourth-order valence-electron chi connectivity index (χ4n) is 3.69. The van der Waals surface area contributed by atoms with E-state index in [9.17, 15) is 8.42 Å². The predicted octanol–water partition coefficient (Wildman–Crippen LogP) is -0.118. The summed E-state index contributed by atoms with van der Waals surface area (Å²) in [5.74, 6) is 1.14. The van der Waals surface area contributed by atoms with E-state index < -0.39 is 10.2 Å². The van der Waals surface area contributed by atoms with E-state index in [1.807, 2.05) is 13.8 Å². The lowest BCUT2D eigenvalue weighted by Crippen LogP contribution is -2.55. The molecule has 116 valence electrons. The van der Waals surface area contributed by atoms with E-state index in [0.717, 1.165) is 19.5 Å². The first kappa shape index (κ1) is 14.7. The third-order valence-electron chi connectivity index (χ3n) is 4.71. The van der Waals surface area contributed by atoms with E-state index in [2.05, 4.69) is 5.32 Å². The molecule has 0 aromatic heterocycles. The van der Waals surface area contributed by atoms with Gasteiger partial charge in [-0.3, -0.25) is 0 Å². The molecular weight excluding hydrogens is 278 g/mol. The molecule has 3 rings (SSSR count). The van der Waals surface area contributed by atoms with Gasteiger partial charge in [0.1, 0.15) is 0 Å². The average molecular weight is 303 g/mol. The minimum Gasteiger partial charge on any atom is -0.373 e. The molecular formula is C13H25N3O3S. The molecule has 0 aromatic rings. The molecule has 7 heteroatoms. The lowest BCUT2D eigenvalue weighted by atomic mass is 9.90. The van der Waals surface area contributed by atoms with Crippen LogP contribution in [0.3, 0.4) is 0 Å². The topological polar surface area (TPSA) is 61.9 Å². The van der Waals surface area contributed by atoms with Crippen molar-refractivity contribution >= 4 is 10.2 Å². The second kappa shape index (κ2) is 5.53. The maximum Gasteiger partial charge on any atom is 0.282 e. The number of piperidine rings is 1. The number of rotatable bonds is 2. The van der Waals surface area contributed by atoms with E-state index in [1.165, 1.54) is 0 Å². The molecule has 0 amide bonds. The number of nitrogens with one attached hydrogen (secondary N) is 1. The fourth-order valence-corrected chi connectivity index (χ4v) is 5.53. The summed E-state index contributed by atoms with van der Waals surface area (Å²) in [5.41, 5.74) is 0. The Morgan fingerprint density at radius 3 is 2.35 bits per heavy atom. The molecule has 0 radical (unpaired) electrons. The monoisotopic (exact) mass is 303 g/mol. The first-order valence-corrected chi connectivity index (χ1v) is 8.98. The number of morpholine rings is 1. The molecule has 4 atom stereocenters. The summed E-state index contributed by atoms with van der Waals surface area (Å²) in [4.78, 5) is 0. The average Bonchev–Trinajstić information content (AvgIpc) is 2.84. The van der Waals surface area contributed by atoms with Crippen LogP contribution in [0.1, 0.15) is 20.3 Å². The van der Waals surface area contributed by atoms with Crippen LogP contribution < -0.4 is 5.32 Å². The molecule has 6 nitrogen and oxygen atoms in total. The summed E-state index contributed by atoms with van der Waals surface area (Å²) in [6.07, 6.45) is 0.921. The Morgan fingerprint density at radius 2 is 1.65 bits per heavy atom. The zero-order valence-electron chi connectivity index (χ0n) is 12.3. The molecule has 3 saturated heterocycles. The Bertz CT molecular complexity index is 446. The molecule has 0 aliphatic carbocycles. The maximum atomic E-state index is 12.8. The van der Waals surface area contributed by atoms with Gasteiger partial charge >= 0.3 is 0 Å². The first-order chi connectivity index (χ1) is 9.46. The van der Waals surface area contributed by atoms with E-state index in [-0.39, 0.29) is 12.2 Å². The summed E-state index contributed by atoms with van der Waals surface area (Å²) in [5, 5.41) is 3.37. The van der Waals surface area contributed by atoms with Crippen molar-refractivity contribution in [1.82, 2.24) is 13.9 Å². The highest BCUT2D eigenvalue weighted by Crippen LogP contribution is 2.29. The fraction of sp³-hybridized carbons (Fsp3) is 1.00. The Labute approximate surface area is 121 Å². The van der Waals surface area contributed by atoms with Gasteiger partial charge in [0.15, 0.2) is 0 Å². The number of nitrogens with zero attached hydrogens (tertiary/aromatic N) is 2. The highest BCUT2D eigenvalue weighted by molar-refractivity contribution is 7.86. The SMILES string of the molecule is CC1CN(S(=O)(=O)N2CCC3CNCC3C2)CC(C)O1. The van der Waals surface area contributed by atoms with Crippen molar-refractivity contribution in [1.29, 1.82) is 0 Å². The lowest BCUT2D eigenvalue weighted by Gasteiger charge is -2.40. The van der Waals surface area contributed by atoms with Crippen LogP contribution in [0.2, 0.25) is 0 Å². The molecule has 3 aliphatic rings. The van der Waals surface area contributed by atoms with E-state index in [1.54, 1.807) is 8.61 Å². The molecule has 4 unspecified atom stereocenters. The second-order valence-corrected chi connectivity index (χ2v) is 8.34. The molecule has 0 bridgehead atoms. The van der Waals surface area contributed by atoms with Gasteiger partial charge in [0.05, 0.1) is 12.2 Å². The van der Waals surface area contributed by atoms with Crippen molar-refractivity contribution in [3.8, 4) is 0 Å². The normalized spacial score (nSPS) is 40.7. The quantitative estimate of drug-likeness (QED) is 0.773. The number of fused-ring (bicyclic) bond motifs is 1. The summed E-state index contributed by atoms with van der Waals surface area (Å²) in [6, 6.07) is 0. The number of hydrogen-bond donors (Lipinski definition) is 1. The van der Waals surface area contributed by atoms with Gasteiger partial charge in [-0.1, -0.05) is 0 Å². The lowest BCUT2D eigenvalue weighted by molar-refractivity contribution is -0.0458. The van der Waals surface area contributed by atoms with Gasteiger partial charge in [-0.2, -0.15) is 17.0 Å². The Morgan fingerprint density at radius 1 is 1.00 bits per heavy atom.